The number of carbonyl (C=O) groups is 1. The third kappa shape index (κ3) is 3.36. The van der Waals surface area contributed by atoms with Gasteiger partial charge in [0.1, 0.15) is 0 Å². The van der Waals surface area contributed by atoms with Gasteiger partial charge in [0.2, 0.25) is 11.8 Å². The molecule has 0 aromatic carbocycles. The number of nitrogens with zero attached hydrogens (tertiary/aromatic N) is 1. The van der Waals surface area contributed by atoms with E-state index in [1.807, 2.05) is 13.8 Å². The van der Waals surface area contributed by atoms with E-state index in [0.717, 1.165) is 11.3 Å². The molecule has 5 heteroatoms. The Morgan fingerprint density at radius 3 is 2.73 bits per heavy atom. The quantitative estimate of drug-likeness (QED) is 0.790. The lowest BCUT2D eigenvalue weighted by atomic mass is 10.2. The number of hydrogen-bond donors (Lipinski definition) is 2. The fourth-order valence-electron chi connectivity index (χ4n) is 1.06. The first-order chi connectivity index (χ1) is 7.00. The van der Waals surface area contributed by atoms with Gasteiger partial charge in [-0.3, -0.25) is 10.1 Å². The fraction of sp³-hybridized carbons (Fsp3) is 0.600. The van der Waals surface area contributed by atoms with Crippen LogP contribution >= 0.6 is 0 Å². The van der Waals surface area contributed by atoms with Gasteiger partial charge in [-0.15, -0.1) is 0 Å². The number of aliphatic hydroxyl groups is 1. The zero-order valence-electron chi connectivity index (χ0n) is 9.20. The van der Waals surface area contributed by atoms with Gasteiger partial charge in [-0.2, -0.15) is 0 Å². The summed E-state index contributed by atoms with van der Waals surface area (Å²) in [5, 5.41) is 15.3. The highest BCUT2D eigenvalue weighted by molar-refractivity contribution is 5.89. The normalized spacial score (nSPS) is 12.5. The number of anilines is 1. The van der Waals surface area contributed by atoms with Crippen molar-refractivity contribution in [3.8, 4) is 0 Å². The average molecular weight is 212 g/mol. The number of aromatic nitrogens is 1. The first-order valence-electron chi connectivity index (χ1n) is 4.91. The first kappa shape index (κ1) is 11.7. The Morgan fingerprint density at radius 2 is 2.27 bits per heavy atom. The summed E-state index contributed by atoms with van der Waals surface area (Å²) in [6, 6.07) is 0. The van der Waals surface area contributed by atoms with Crippen LogP contribution in [0.5, 0.6) is 0 Å². The molecule has 0 spiro atoms. The Bertz CT molecular complexity index is 344. The maximum absolute atomic E-state index is 11.4. The maximum Gasteiger partial charge on any atom is 0.234 e. The smallest absolute Gasteiger partial charge is 0.234 e. The lowest BCUT2D eigenvalue weighted by molar-refractivity contribution is -0.116. The van der Waals surface area contributed by atoms with Crippen molar-refractivity contribution in [2.75, 3.05) is 5.32 Å². The van der Waals surface area contributed by atoms with Gasteiger partial charge in [-0.25, -0.2) is 0 Å². The highest BCUT2D eigenvalue weighted by atomic mass is 16.5. The van der Waals surface area contributed by atoms with Gasteiger partial charge in [0, 0.05) is 12.0 Å². The number of rotatable bonds is 4. The maximum atomic E-state index is 11.4. The number of carbonyl (C=O) groups excluding carboxylic acids is 1. The van der Waals surface area contributed by atoms with E-state index in [4.69, 9.17) is 9.63 Å². The van der Waals surface area contributed by atoms with Crippen LogP contribution in [0.4, 0.5) is 5.88 Å². The standard InChI is InChI=1S/C10H16N2O3/c1-6(13)4-5-9(14)11-10-7(2)8(3)12-15-10/h6,13H,4-5H2,1-3H3,(H,11,14). The summed E-state index contributed by atoms with van der Waals surface area (Å²) in [6.45, 7) is 5.29. The van der Waals surface area contributed by atoms with Gasteiger partial charge in [0.05, 0.1) is 11.8 Å². The number of aliphatic hydroxyl groups excluding tert-OH is 1. The molecule has 5 nitrogen and oxygen atoms in total. The lowest BCUT2D eigenvalue weighted by Gasteiger charge is -2.03. The molecule has 0 fully saturated rings. The molecule has 1 heterocycles. The van der Waals surface area contributed by atoms with Gasteiger partial charge >= 0.3 is 0 Å². The molecule has 1 aromatic rings. The average Bonchev–Trinajstić information content (AvgIpc) is 2.47. The van der Waals surface area contributed by atoms with E-state index in [2.05, 4.69) is 10.5 Å². The molecule has 0 bridgehead atoms. The van der Waals surface area contributed by atoms with E-state index in [-0.39, 0.29) is 12.3 Å². The minimum absolute atomic E-state index is 0.171. The molecule has 0 saturated heterocycles. The van der Waals surface area contributed by atoms with Crippen LogP contribution in [0.3, 0.4) is 0 Å². The molecule has 2 N–H and O–H groups in total. The second-order valence-corrected chi connectivity index (χ2v) is 3.66. The summed E-state index contributed by atoms with van der Waals surface area (Å²) in [5.74, 6) is 0.221. The zero-order chi connectivity index (χ0) is 11.4. The Morgan fingerprint density at radius 1 is 1.60 bits per heavy atom. The van der Waals surface area contributed by atoms with E-state index < -0.39 is 6.10 Å². The van der Waals surface area contributed by atoms with Crippen molar-refractivity contribution >= 4 is 11.8 Å². The SMILES string of the molecule is Cc1noc(NC(=O)CCC(C)O)c1C. The van der Waals surface area contributed by atoms with Crippen LogP contribution in [0.1, 0.15) is 31.0 Å². The van der Waals surface area contributed by atoms with Crippen LogP contribution in [-0.4, -0.2) is 22.3 Å². The van der Waals surface area contributed by atoms with Crippen LogP contribution in [-0.2, 0) is 4.79 Å². The molecule has 0 radical (unpaired) electrons. The molecule has 1 rings (SSSR count). The van der Waals surface area contributed by atoms with Crippen LogP contribution in [0.25, 0.3) is 0 Å². The first-order valence-corrected chi connectivity index (χ1v) is 4.91. The molecule has 15 heavy (non-hydrogen) atoms. The van der Waals surface area contributed by atoms with Crippen molar-refractivity contribution in [3.05, 3.63) is 11.3 Å². The largest absolute Gasteiger partial charge is 0.393 e. The lowest BCUT2D eigenvalue weighted by Crippen LogP contribution is -2.14. The van der Waals surface area contributed by atoms with Crippen LogP contribution in [0, 0.1) is 13.8 Å². The van der Waals surface area contributed by atoms with Crippen molar-refractivity contribution in [1.29, 1.82) is 0 Å². The Labute approximate surface area is 88.5 Å². The van der Waals surface area contributed by atoms with Gasteiger partial charge in [-0.05, 0) is 27.2 Å². The Kier molecular flexibility index (Phi) is 3.85. The summed E-state index contributed by atoms with van der Waals surface area (Å²) >= 11 is 0. The van der Waals surface area contributed by atoms with E-state index in [1.165, 1.54) is 0 Å². The summed E-state index contributed by atoms with van der Waals surface area (Å²) < 4.78 is 4.93. The van der Waals surface area contributed by atoms with Crippen molar-refractivity contribution in [2.24, 2.45) is 0 Å². The molecule has 0 aliphatic rings. The molecule has 0 aliphatic carbocycles. The molecule has 0 aliphatic heterocycles. The van der Waals surface area contributed by atoms with Gasteiger partial charge < -0.3 is 9.63 Å². The second kappa shape index (κ2) is 4.93. The summed E-state index contributed by atoms with van der Waals surface area (Å²) in [4.78, 5) is 11.4. The molecular formula is C10H16N2O3. The number of amides is 1. The van der Waals surface area contributed by atoms with Crippen LogP contribution < -0.4 is 5.32 Å². The molecular weight excluding hydrogens is 196 g/mol. The number of nitrogens with one attached hydrogen (secondary N) is 1. The van der Waals surface area contributed by atoms with Gasteiger partial charge in [-0.1, -0.05) is 5.16 Å². The second-order valence-electron chi connectivity index (χ2n) is 3.66. The van der Waals surface area contributed by atoms with Gasteiger partial charge in [0.25, 0.3) is 0 Å². The third-order valence-electron chi connectivity index (χ3n) is 2.20. The number of aryl methyl sites for hydroxylation is 1. The molecule has 1 amide bonds. The van der Waals surface area contributed by atoms with Crippen LogP contribution in [0.2, 0.25) is 0 Å². The highest BCUT2D eigenvalue weighted by Crippen LogP contribution is 2.17. The van der Waals surface area contributed by atoms with Crippen molar-refractivity contribution in [1.82, 2.24) is 5.16 Å². The van der Waals surface area contributed by atoms with Crippen molar-refractivity contribution in [3.63, 3.8) is 0 Å². The molecule has 1 atom stereocenters. The van der Waals surface area contributed by atoms with Crippen molar-refractivity contribution < 1.29 is 14.4 Å². The monoisotopic (exact) mass is 212 g/mol. The Balaban J connectivity index is 2.48. The highest BCUT2D eigenvalue weighted by Gasteiger charge is 2.11. The summed E-state index contributed by atoms with van der Waals surface area (Å²) in [6.07, 6.45) is 0.253. The molecule has 0 saturated carbocycles. The van der Waals surface area contributed by atoms with E-state index in [9.17, 15) is 4.79 Å². The van der Waals surface area contributed by atoms with Gasteiger partial charge in [0.15, 0.2) is 0 Å². The number of hydrogen-bond acceptors (Lipinski definition) is 4. The molecule has 1 unspecified atom stereocenters. The topological polar surface area (TPSA) is 75.4 Å². The summed E-state index contributed by atoms with van der Waals surface area (Å²) in [5.41, 5.74) is 1.60. The van der Waals surface area contributed by atoms with Crippen LogP contribution in [0.15, 0.2) is 4.52 Å². The fourth-order valence-corrected chi connectivity index (χ4v) is 1.06. The predicted molar refractivity (Wildman–Crippen MR) is 55.5 cm³/mol. The third-order valence-corrected chi connectivity index (χ3v) is 2.20. The Hall–Kier alpha value is -1.36. The minimum atomic E-state index is -0.465. The summed E-state index contributed by atoms with van der Waals surface area (Å²) in [7, 11) is 0. The van der Waals surface area contributed by atoms with E-state index in [1.54, 1.807) is 6.92 Å². The van der Waals surface area contributed by atoms with E-state index in [0.29, 0.717) is 12.3 Å². The minimum Gasteiger partial charge on any atom is -0.393 e. The van der Waals surface area contributed by atoms with Crippen molar-refractivity contribution in [2.45, 2.75) is 39.7 Å². The predicted octanol–water partition coefficient (Wildman–Crippen LogP) is 1.39. The molecule has 84 valence electrons. The van der Waals surface area contributed by atoms with E-state index >= 15 is 0 Å². The molecule has 1 aromatic heterocycles. The zero-order valence-corrected chi connectivity index (χ0v) is 9.20.